The average molecular weight is 251 g/mol. The van der Waals surface area contributed by atoms with Crippen LogP contribution in [0.5, 0.6) is 5.75 Å². The van der Waals surface area contributed by atoms with Crippen molar-refractivity contribution in [1.29, 1.82) is 0 Å². The van der Waals surface area contributed by atoms with E-state index in [0.717, 1.165) is 11.3 Å². The third kappa shape index (κ3) is 4.04. The van der Waals surface area contributed by atoms with Gasteiger partial charge in [0.1, 0.15) is 5.75 Å². The third-order valence-electron chi connectivity index (χ3n) is 2.48. The Labute approximate surface area is 108 Å². The molecule has 1 N–H and O–H groups in total. The molecule has 1 aromatic rings. The van der Waals surface area contributed by atoms with E-state index < -0.39 is 0 Å². The van der Waals surface area contributed by atoms with Crippen LogP contribution in [0.2, 0.25) is 0 Å². The highest BCUT2D eigenvalue weighted by Crippen LogP contribution is 2.21. The van der Waals surface area contributed by atoms with Gasteiger partial charge in [0, 0.05) is 24.8 Å². The summed E-state index contributed by atoms with van der Waals surface area (Å²) >= 11 is 0. The minimum absolute atomic E-state index is 0.109. The van der Waals surface area contributed by atoms with Gasteiger partial charge in [-0.25, -0.2) is 0 Å². The van der Waals surface area contributed by atoms with Crippen LogP contribution < -0.4 is 10.1 Å². The topological polar surface area (TPSA) is 47.6 Å². The summed E-state index contributed by atoms with van der Waals surface area (Å²) in [4.78, 5) is 11.6. The molecule has 1 amide bonds. The van der Waals surface area contributed by atoms with E-state index in [4.69, 9.17) is 9.47 Å². The largest absolute Gasteiger partial charge is 0.496 e. The molecule has 4 nitrogen and oxygen atoms in total. The SMILES string of the molecule is CNC(=O)c1ccc(OC)c(COCC(C)C)c1. The molecule has 1 aromatic carbocycles. The number of carbonyl (C=O) groups is 1. The normalized spacial score (nSPS) is 10.5. The summed E-state index contributed by atoms with van der Waals surface area (Å²) in [5.41, 5.74) is 1.50. The van der Waals surface area contributed by atoms with Gasteiger partial charge in [-0.15, -0.1) is 0 Å². The fourth-order valence-electron chi connectivity index (χ4n) is 1.58. The zero-order valence-electron chi connectivity index (χ0n) is 11.4. The maximum Gasteiger partial charge on any atom is 0.251 e. The maximum absolute atomic E-state index is 11.6. The van der Waals surface area contributed by atoms with Crippen LogP contribution in [0.1, 0.15) is 29.8 Å². The second kappa shape index (κ2) is 7.01. The van der Waals surface area contributed by atoms with Gasteiger partial charge in [-0.2, -0.15) is 0 Å². The van der Waals surface area contributed by atoms with E-state index in [1.807, 2.05) is 0 Å². The highest BCUT2D eigenvalue weighted by Gasteiger charge is 2.09. The van der Waals surface area contributed by atoms with Crippen molar-refractivity contribution in [3.8, 4) is 5.75 Å². The second-order valence-electron chi connectivity index (χ2n) is 4.51. The van der Waals surface area contributed by atoms with Crippen LogP contribution in [0, 0.1) is 5.92 Å². The molecule has 0 aliphatic rings. The first-order chi connectivity index (χ1) is 8.58. The van der Waals surface area contributed by atoms with Crippen molar-refractivity contribution < 1.29 is 14.3 Å². The quantitative estimate of drug-likeness (QED) is 0.843. The van der Waals surface area contributed by atoms with Crippen LogP contribution in [0.25, 0.3) is 0 Å². The molecule has 1 rings (SSSR count). The van der Waals surface area contributed by atoms with Crippen LogP contribution in [-0.4, -0.2) is 26.7 Å². The monoisotopic (exact) mass is 251 g/mol. The molecule has 0 fully saturated rings. The van der Waals surface area contributed by atoms with Gasteiger partial charge in [-0.3, -0.25) is 4.79 Å². The van der Waals surface area contributed by atoms with E-state index in [0.29, 0.717) is 24.7 Å². The van der Waals surface area contributed by atoms with Crippen molar-refractivity contribution in [2.24, 2.45) is 5.92 Å². The zero-order valence-corrected chi connectivity index (χ0v) is 11.4. The van der Waals surface area contributed by atoms with Gasteiger partial charge < -0.3 is 14.8 Å². The van der Waals surface area contributed by atoms with Crippen molar-refractivity contribution in [3.63, 3.8) is 0 Å². The molecule has 0 atom stereocenters. The first-order valence-electron chi connectivity index (χ1n) is 6.05. The van der Waals surface area contributed by atoms with Crippen LogP contribution in [0.3, 0.4) is 0 Å². The number of ether oxygens (including phenoxy) is 2. The third-order valence-corrected chi connectivity index (χ3v) is 2.48. The first-order valence-corrected chi connectivity index (χ1v) is 6.05. The molecule has 0 aliphatic heterocycles. The lowest BCUT2D eigenvalue weighted by Crippen LogP contribution is -2.18. The van der Waals surface area contributed by atoms with Crippen molar-refractivity contribution in [2.75, 3.05) is 20.8 Å². The Morgan fingerprint density at radius 3 is 2.67 bits per heavy atom. The number of amides is 1. The summed E-state index contributed by atoms with van der Waals surface area (Å²) < 4.78 is 10.8. The molecule has 0 saturated heterocycles. The molecule has 0 aliphatic carbocycles. The highest BCUT2D eigenvalue weighted by molar-refractivity contribution is 5.94. The lowest BCUT2D eigenvalue weighted by Gasteiger charge is -2.12. The van der Waals surface area contributed by atoms with Crippen LogP contribution >= 0.6 is 0 Å². The Bertz CT molecular complexity index is 402. The highest BCUT2D eigenvalue weighted by atomic mass is 16.5. The summed E-state index contributed by atoms with van der Waals surface area (Å²) in [5, 5.41) is 2.60. The van der Waals surface area contributed by atoms with Crippen LogP contribution in [0.15, 0.2) is 18.2 Å². The van der Waals surface area contributed by atoms with Gasteiger partial charge in [-0.05, 0) is 24.1 Å². The molecule has 18 heavy (non-hydrogen) atoms. The Kier molecular flexibility index (Phi) is 5.65. The lowest BCUT2D eigenvalue weighted by atomic mass is 10.1. The van der Waals surface area contributed by atoms with Gasteiger partial charge in [-0.1, -0.05) is 13.8 Å². The average Bonchev–Trinajstić information content (AvgIpc) is 2.37. The Balaban J connectivity index is 2.82. The lowest BCUT2D eigenvalue weighted by molar-refractivity contribution is 0.0943. The predicted molar refractivity (Wildman–Crippen MR) is 70.9 cm³/mol. The number of carbonyl (C=O) groups excluding carboxylic acids is 1. The molecule has 0 spiro atoms. The molecule has 4 heteroatoms. The van der Waals surface area contributed by atoms with Crippen molar-refractivity contribution in [2.45, 2.75) is 20.5 Å². The number of rotatable bonds is 6. The number of hydrogen-bond donors (Lipinski definition) is 1. The first kappa shape index (κ1) is 14.5. The Hall–Kier alpha value is -1.55. The summed E-state index contributed by atoms with van der Waals surface area (Å²) in [6, 6.07) is 5.33. The van der Waals surface area contributed by atoms with E-state index in [1.165, 1.54) is 0 Å². The molecule has 0 radical (unpaired) electrons. The number of hydrogen-bond acceptors (Lipinski definition) is 3. The van der Waals surface area contributed by atoms with E-state index >= 15 is 0 Å². The zero-order chi connectivity index (χ0) is 13.5. The number of methoxy groups -OCH3 is 1. The molecule has 0 saturated carbocycles. The van der Waals surface area contributed by atoms with E-state index in [2.05, 4.69) is 19.2 Å². The van der Waals surface area contributed by atoms with Gasteiger partial charge in [0.15, 0.2) is 0 Å². The van der Waals surface area contributed by atoms with Crippen LogP contribution in [0.4, 0.5) is 0 Å². The standard InChI is InChI=1S/C14H21NO3/c1-10(2)8-18-9-12-7-11(14(16)15-3)5-6-13(12)17-4/h5-7,10H,8-9H2,1-4H3,(H,15,16). The van der Waals surface area contributed by atoms with Gasteiger partial charge in [0.2, 0.25) is 0 Å². The van der Waals surface area contributed by atoms with Crippen LogP contribution in [-0.2, 0) is 11.3 Å². The predicted octanol–water partition coefficient (Wildman–Crippen LogP) is 2.23. The minimum Gasteiger partial charge on any atom is -0.496 e. The van der Waals surface area contributed by atoms with Crippen molar-refractivity contribution in [1.82, 2.24) is 5.32 Å². The Morgan fingerprint density at radius 2 is 2.11 bits per heavy atom. The second-order valence-corrected chi connectivity index (χ2v) is 4.51. The molecule has 0 aromatic heterocycles. The minimum atomic E-state index is -0.109. The van der Waals surface area contributed by atoms with Crippen molar-refractivity contribution in [3.05, 3.63) is 29.3 Å². The summed E-state index contributed by atoms with van der Waals surface area (Å²) in [6.07, 6.45) is 0. The fourth-order valence-corrected chi connectivity index (χ4v) is 1.58. The maximum atomic E-state index is 11.6. The molecule has 100 valence electrons. The molecule has 0 unspecified atom stereocenters. The summed E-state index contributed by atoms with van der Waals surface area (Å²) in [5.74, 6) is 1.12. The van der Waals surface area contributed by atoms with Gasteiger partial charge >= 0.3 is 0 Å². The summed E-state index contributed by atoms with van der Waals surface area (Å²) in [6.45, 7) is 5.33. The van der Waals surface area contributed by atoms with Crippen molar-refractivity contribution >= 4 is 5.91 Å². The number of nitrogens with one attached hydrogen (secondary N) is 1. The molecular weight excluding hydrogens is 230 g/mol. The van der Waals surface area contributed by atoms with E-state index in [9.17, 15) is 4.79 Å². The molecular formula is C14H21NO3. The van der Waals surface area contributed by atoms with Gasteiger partial charge in [0.05, 0.1) is 13.7 Å². The van der Waals surface area contributed by atoms with E-state index in [1.54, 1.807) is 32.4 Å². The van der Waals surface area contributed by atoms with Gasteiger partial charge in [0.25, 0.3) is 5.91 Å². The smallest absolute Gasteiger partial charge is 0.251 e. The fraction of sp³-hybridized carbons (Fsp3) is 0.500. The summed E-state index contributed by atoms with van der Waals surface area (Å²) in [7, 11) is 3.22. The van der Waals surface area contributed by atoms with E-state index in [-0.39, 0.29) is 5.91 Å². The Morgan fingerprint density at radius 1 is 1.39 bits per heavy atom. The molecule has 0 heterocycles. The number of benzene rings is 1. The molecule has 0 bridgehead atoms.